The van der Waals surface area contributed by atoms with Crippen LogP contribution < -0.4 is 10.1 Å². The molecule has 0 unspecified atom stereocenters. The van der Waals surface area contributed by atoms with E-state index in [4.69, 9.17) is 4.74 Å². The van der Waals surface area contributed by atoms with Crippen molar-refractivity contribution in [2.75, 3.05) is 12.4 Å². The molecule has 1 amide bonds. The van der Waals surface area contributed by atoms with Crippen LogP contribution in [-0.2, 0) is 0 Å². The highest BCUT2D eigenvalue weighted by Crippen LogP contribution is 2.32. The number of benzene rings is 2. The highest BCUT2D eigenvalue weighted by atomic mass is 32.1. The Bertz CT molecular complexity index is 920. The van der Waals surface area contributed by atoms with Gasteiger partial charge in [-0.3, -0.25) is 4.79 Å². The summed E-state index contributed by atoms with van der Waals surface area (Å²) in [5.74, 6) is -1.34. The van der Waals surface area contributed by atoms with Gasteiger partial charge in [-0.1, -0.05) is 18.2 Å². The van der Waals surface area contributed by atoms with E-state index < -0.39 is 17.5 Å². The fraction of sp³-hybridized carbons (Fsp3) is 0.111. The van der Waals surface area contributed by atoms with E-state index in [9.17, 15) is 13.6 Å². The first kappa shape index (κ1) is 17.0. The van der Waals surface area contributed by atoms with E-state index in [1.807, 2.05) is 0 Å². The van der Waals surface area contributed by atoms with Crippen LogP contribution >= 0.6 is 11.3 Å². The molecule has 0 atom stereocenters. The lowest BCUT2D eigenvalue weighted by molar-refractivity contribution is 0.102. The molecule has 1 N–H and O–H groups in total. The molecule has 0 radical (unpaired) electrons. The number of amides is 1. The fourth-order valence-electron chi connectivity index (χ4n) is 2.34. The van der Waals surface area contributed by atoms with Gasteiger partial charge in [-0.15, -0.1) is 11.3 Å². The summed E-state index contributed by atoms with van der Waals surface area (Å²) < 4.78 is 33.1. The number of aromatic nitrogens is 1. The van der Waals surface area contributed by atoms with Gasteiger partial charge in [0.05, 0.1) is 24.1 Å². The van der Waals surface area contributed by atoms with Crippen molar-refractivity contribution in [3.05, 3.63) is 64.7 Å². The Balaban J connectivity index is 1.94. The smallest absolute Gasteiger partial charge is 0.267 e. The van der Waals surface area contributed by atoms with E-state index >= 15 is 0 Å². The molecule has 1 heterocycles. The number of halogens is 2. The Kier molecular flexibility index (Phi) is 4.76. The predicted octanol–water partition coefficient (Wildman–Crippen LogP) is 4.66. The third-order valence-corrected chi connectivity index (χ3v) is 4.71. The minimum absolute atomic E-state index is 0.123. The van der Waals surface area contributed by atoms with Gasteiger partial charge in [0.2, 0.25) is 0 Å². The minimum Gasteiger partial charge on any atom is -0.495 e. The molecule has 0 aliphatic heterocycles. The van der Waals surface area contributed by atoms with Gasteiger partial charge in [0.25, 0.3) is 5.91 Å². The molecule has 128 valence electrons. The lowest BCUT2D eigenvalue weighted by Crippen LogP contribution is -2.12. The molecule has 1 aromatic heterocycles. The minimum atomic E-state index is -0.717. The number of para-hydroxylation sites is 2. The van der Waals surface area contributed by atoms with Crippen molar-refractivity contribution in [1.82, 2.24) is 4.98 Å². The second kappa shape index (κ2) is 6.98. The van der Waals surface area contributed by atoms with Crippen LogP contribution in [0.25, 0.3) is 10.6 Å². The predicted molar refractivity (Wildman–Crippen MR) is 93.2 cm³/mol. The summed E-state index contributed by atoms with van der Waals surface area (Å²) in [7, 11) is 1.50. The first-order valence-corrected chi connectivity index (χ1v) is 8.19. The molecule has 25 heavy (non-hydrogen) atoms. The Labute approximate surface area is 147 Å². The quantitative estimate of drug-likeness (QED) is 0.736. The van der Waals surface area contributed by atoms with E-state index in [2.05, 4.69) is 10.3 Å². The number of aryl methyl sites for hydroxylation is 1. The number of rotatable bonds is 4. The largest absolute Gasteiger partial charge is 0.495 e. The first-order chi connectivity index (χ1) is 12.0. The number of nitrogens with one attached hydrogen (secondary N) is 1. The number of hydrogen-bond acceptors (Lipinski definition) is 4. The van der Waals surface area contributed by atoms with Crippen molar-refractivity contribution < 1.29 is 18.3 Å². The van der Waals surface area contributed by atoms with Crippen molar-refractivity contribution in [2.45, 2.75) is 6.92 Å². The molecule has 3 rings (SSSR count). The van der Waals surface area contributed by atoms with Crippen LogP contribution in [0.5, 0.6) is 5.75 Å². The average molecular weight is 360 g/mol. The number of carbonyl (C=O) groups is 1. The lowest BCUT2D eigenvalue weighted by Gasteiger charge is -2.08. The van der Waals surface area contributed by atoms with Crippen molar-refractivity contribution in [3.63, 3.8) is 0 Å². The van der Waals surface area contributed by atoms with Gasteiger partial charge in [-0.25, -0.2) is 13.8 Å². The Morgan fingerprint density at radius 3 is 2.48 bits per heavy atom. The Morgan fingerprint density at radius 1 is 1.12 bits per heavy atom. The summed E-state index contributed by atoms with van der Waals surface area (Å²) in [4.78, 5) is 17.0. The molecule has 0 spiro atoms. The molecule has 0 saturated carbocycles. The number of thiazole rings is 1. The van der Waals surface area contributed by atoms with E-state index in [0.717, 1.165) is 23.5 Å². The summed E-state index contributed by atoms with van der Waals surface area (Å²) in [5.41, 5.74) is 0.670. The third kappa shape index (κ3) is 3.36. The van der Waals surface area contributed by atoms with Gasteiger partial charge in [0, 0.05) is 0 Å². The summed E-state index contributed by atoms with van der Waals surface area (Å²) in [5, 5.41) is 2.85. The summed E-state index contributed by atoms with van der Waals surface area (Å²) in [6.07, 6.45) is 0. The number of ether oxygens (including phenoxy) is 1. The summed E-state index contributed by atoms with van der Waals surface area (Å²) in [6, 6.07) is 10.6. The molecule has 0 bridgehead atoms. The Morgan fingerprint density at radius 2 is 1.80 bits per heavy atom. The fourth-order valence-corrected chi connectivity index (χ4v) is 3.35. The van der Waals surface area contributed by atoms with Crippen LogP contribution in [0.1, 0.15) is 15.4 Å². The van der Waals surface area contributed by atoms with Gasteiger partial charge in [-0.05, 0) is 31.2 Å². The van der Waals surface area contributed by atoms with Crippen molar-refractivity contribution in [1.29, 1.82) is 0 Å². The SMILES string of the molecule is COc1ccccc1NC(=O)c1sc(-c2c(F)cccc2F)nc1C. The normalized spacial score (nSPS) is 10.6. The standard InChI is InChI=1S/C18H14F2N2O2S/c1-10-16(17(23)22-13-8-3-4-9-14(13)24-2)25-18(21-10)15-11(19)6-5-7-12(15)20/h3-9H,1-2H3,(H,22,23). The highest BCUT2D eigenvalue weighted by Gasteiger charge is 2.21. The van der Waals surface area contributed by atoms with Gasteiger partial charge in [-0.2, -0.15) is 0 Å². The van der Waals surface area contributed by atoms with Crippen LogP contribution in [-0.4, -0.2) is 18.0 Å². The van der Waals surface area contributed by atoms with Gasteiger partial charge in [0.15, 0.2) is 0 Å². The zero-order valence-corrected chi connectivity index (χ0v) is 14.3. The average Bonchev–Trinajstić information content (AvgIpc) is 2.96. The maximum atomic E-state index is 13.9. The van der Waals surface area contributed by atoms with Gasteiger partial charge in [0.1, 0.15) is 27.3 Å². The summed E-state index contributed by atoms with van der Waals surface area (Å²) >= 11 is 0.938. The van der Waals surface area contributed by atoms with Crippen LogP contribution in [0.3, 0.4) is 0 Å². The molecular weight excluding hydrogens is 346 g/mol. The molecule has 0 saturated heterocycles. The third-order valence-electron chi connectivity index (χ3n) is 3.53. The zero-order chi connectivity index (χ0) is 18.0. The first-order valence-electron chi connectivity index (χ1n) is 7.37. The number of nitrogens with zero attached hydrogens (tertiary/aromatic N) is 1. The number of carbonyl (C=O) groups excluding carboxylic acids is 1. The van der Waals surface area contributed by atoms with E-state index in [1.54, 1.807) is 31.2 Å². The molecule has 2 aromatic carbocycles. The van der Waals surface area contributed by atoms with Gasteiger partial charge < -0.3 is 10.1 Å². The van der Waals surface area contributed by atoms with E-state index in [1.165, 1.54) is 13.2 Å². The highest BCUT2D eigenvalue weighted by molar-refractivity contribution is 7.17. The topological polar surface area (TPSA) is 51.2 Å². The lowest BCUT2D eigenvalue weighted by atomic mass is 10.2. The second-order valence-corrected chi connectivity index (χ2v) is 6.18. The number of anilines is 1. The van der Waals surface area contributed by atoms with Crippen LogP contribution in [0, 0.1) is 18.6 Å². The molecule has 7 heteroatoms. The van der Waals surface area contributed by atoms with Crippen molar-refractivity contribution in [3.8, 4) is 16.3 Å². The van der Waals surface area contributed by atoms with Crippen molar-refractivity contribution >= 4 is 22.9 Å². The number of hydrogen-bond donors (Lipinski definition) is 1. The molecular formula is C18H14F2N2O2S. The summed E-state index contributed by atoms with van der Waals surface area (Å²) in [6.45, 7) is 1.62. The van der Waals surface area contributed by atoms with Crippen molar-refractivity contribution in [2.24, 2.45) is 0 Å². The maximum Gasteiger partial charge on any atom is 0.267 e. The van der Waals surface area contributed by atoms with E-state index in [-0.39, 0.29) is 15.4 Å². The van der Waals surface area contributed by atoms with Gasteiger partial charge >= 0.3 is 0 Å². The van der Waals surface area contributed by atoms with Crippen LogP contribution in [0.4, 0.5) is 14.5 Å². The Hall–Kier alpha value is -2.80. The van der Waals surface area contributed by atoms with E-state index in [0.29, 0.717) is 17.1 Å². The molecule has 0 aliphatic carbocycles. The molecule has 4 nitrogen and oxygen atoms in total. The molecule has 3 aromatic rings. The molecule has 0 fully saturated rings. The monoisotopic (exact) mass is 360 g/mol. The molecule has 0 aliphatic rings. The number of methoxy groups -OCH3 is 1. The maximum absolute atomic E-state index is 13.9. The second-order valence-electron chi connectivity index (χ2n) is 5.18. The van der Waals surface area contributed by atoms with Crippen LogP contribution in [0.15, 0.2) is 42.5 Å². The zero-order valence-electron chi connectivity index (χ0n) is 13.5. The van der Waals surface area contributed by atoms with Crippen LogP contribution in [0.2, 0.25) is 0 Å².